The molecule has 1 atom stereocenters. The van der Waals surface area contributed by atoms with E-state index < -0.39 is 17.6 Å². The lowest BCUT2D eigenvalue weighted by molar-refractivity contribution is -0.385. The fourth-order valence-electron chi connectivity index (χ4n) is 1.26. The van der Waals surface area contributed by atoms with Crippen LogP contribution in [0.1, 0.15) is 12.6 Å². The van der Waals surface area contributed by atoms with Crippen LogP contribution in [0.25, 0.3) is 0 Å². The minimum absolute atomic E-state index is 0.0407. The largest absolute Gasteiger partial charge is 0.345 e. The summed E-state index contributed by atoms with van der Waals surface area (Å²) in [6.45, 7) is 0.100. The predicted molar refractivity (Wildman–Crippen MR) is 50.2 cm³/mol. The van der Waals surface area contributed by atoms with Crippen molar-refractivity contribution in [3.05, 3.63) is 22.0 Å². The molecule has 0 aliphatic heterocycles. The maximum absolute atomic E-state index is 11.8. The molecule has 16 heavy (non-hydrogen) atoms. The number of hydrogen-bond donors (Lipinski definition) is 0. The lowest BCUT2D eigenvalue weighted by atomic mass is 10.4. The number of ether oxygens (including phenoxy) is 1. The van der Waals surface area contributed by atoms with Crippen molar-refractivity contribution in [2.24, 2.45) is 0 Å². The molecule has 1 rings (SSSR count). The van der Waals surface area contributed by atoms with Crippen LogP contribution in [0, 0.1) is 17.0 Å². The topological polar surface area (TPSA) is 70.2 Å². The predicted octanol–water partition coefficient (Wildman–Crippen LogP) is 1.73. The van der Waals surface area contributed by atoms with Crippen LogP contribution in [0.4, 0.5) is 14.5 Å². The smallest absolute Gasteiger partial charge is 0.318 e. The van der Waals surface area contributed by atoms with Gasteiger partial charge in [-0.1, -0.05) is 0 Å². The van der Waals surface area contributed by atoms with E-state index in [-0.39, 0.29) is 17.9 Å². The van der Waals surface area contributed by atoms with E-state index in [4.69, 9.17) is 0 Å². The van der Waals surface area contributed by atoms with E-state index in [1.54, 1.807) is 0 Å². The lowest BCUT2D eigenvalue weighted by Crippen LogP contribution is -2.19. The van der Waals surface area contributed by atoms with Crippen molar-refractivity contribution in [2.45, 2.75) is 33.1 Å². The molecule has 0 aliphatic rings. The van der Waals surface area contributed by atoms with Gasteiger partial charge in [0.15, 0.2) is 0 Å². The summed E-state index contributed by atoms with van der Waals surface area (Å²) in [4.78, 5) is 9.93. The molecule has 90 valence electrons. The van der Waals surface area contributed by atoms with Crippen LogP contribution >= 0.6 is 0 Å². The first-order valence-corrected chi connectivity index (χ1v) is 4.52. The lowest BCUT2D eigenvalue weighted by Gasteiger charge is -2.11. The highest BCUT2D eigenvalue weighted by molar-refractivity contribution is 5.30. The van der Waals surface area contributed by atoms with E-state index in [0.717, 1.165) is 0 Å². The monoisotopic (exact) mass is 235 g/mol. The van der Waals surface area contributed by atoms with Crippen molar-refractivity contribution in [2.75, 3.05) is 0 Å². The van der Waals surface area contributed by atoms with Crippen LogP contribution in [0.2, 0.25) is 0 Å². The van der Waals surface area contributed by atoms with Gasteiger partial charge in [0, 0.05) is 0 Å². The third kappa shape index (κ3) is 3.23. The zero-order valence-corrected chi connectivity index (χ0v) is 8.76. The summed E-state index contributed by atoms with van der Waals surface area (Å²) < 4.78 is 29.1. The molecule has 1 heterocycles. The van der Waals surface area contributed by atoms with Crippen molar-refractivity contribution in [1.29, 1.82) is 0 Å². The third-order valence-corrected chi connectivity index (χ3v) is 1.90. The van der Waals surface area contributed by atoms with E-state index in [1.165, 1.54) is 24.7 Å². The second-order valence-corrected chi connectivity index (χ2v) is 3.29. The van der Waals surface area contributed by atoms with Crippen molar-refractivity contribution < 1.29 is 18.4 Å². The average Bonchev–Trinajstić information content (AvgIpc) is 2.44. The van der Waals surface area contributed by atoms with Gasteiger partial charge in [-0.2, -0.15) is 13.9 Å². The number of aryl methyl sites for hydroxylation is 1. The van der Waals surface area contributed by atoms with Gasteiger partial charge in [-0.15, -0.1) is 0 Å². The number of alkyl halides is 2. The number of nitro groups is 1. The van der Waals surface area contributed by atoms with Crippen LogP contribution in [-0.4, -0.2) is 27.4 Å². The van der Waals surface area contributed by atoms with Crippen LogP contribution in [0.5, 0.6) is 0 Å². The summed E-state index contributed by atoms with van der Waals surface area (Å²) in [6.07, 6.45) is 0.430. The maximum Gasteiger partial charge on any atom is 0.345 e. The Labute approximate surface area is 90.0 Å². The Morgan fingerprint density at radius 1 is 1.69 bits per heavy atom. The molecule has 1 aromatic heterocycles. The Balaban J connectivity index is 2.68. The molecule has 6 nitrogen and oxygen atoms in total. The number of rotatable bonds is 5. The minimum Gasteiger partial charge on any atom is -0.318 e. The molecule has 0 saturated heterocycles. The molecule has 0 aliphatic carbocycles. The molecule has 1 aromatic rings. The third-order valence-electron chi connectivity index (χ3n) is 1.90. The van der Waals surface area contributed by atoms with Gasteiger partial charge in [-0.05, 0) is 13.8 Å². The van der Waals surface area contributed by atoms with E-state index in [2.05, 4.69) is 9.84 Å². The van der Waals surface area contributed by atoms with Crippen LogP contribution in [0.3, 0.4) is 0 Å². The molecular formula is C8H11F2N3O3. The molecule has 0 amide bonds. The second kappa shape index (κ2) is 4.97. The van der Waals surface area contributed by atoms with Gasteiger partial charge in [0.1, 0.15) is 11.9 Å². The van der Waals surface area contributed by atoms with Crippen molar-refractivity contribution in [3.63, 3.8) is 0 Å². The molecule has 0 bridgehead atoms. The molecule has 0 saturated carbocycles. The number of halogens is 2. The normalized spacial score (nSPS) is 13.1. The molecule has 1 unspecified atom stereocenters. The summed E-state index contributed by atoms with van der Waals surface area (Å²) >= 11 is 0. The standard InChI is InChI=1S/C8H11F2N3O3/c1-5(16-8(9)10)3-12-4-7(13(14)15)6(2)11-12/h4-5,8H,3H2,1-2H3. The molecule has 0 spiro atoms. The fraction of sp³-hybridized carbons (Fsp3) is 0.625. The highest BCUT2D eigenvalue weighted by Crippen LogP contribution is 2.15. The van der Waals surface area contributed by atoms with Gasteiger partial charge in [-0.3, -0.25) is 14.8 Å². The Kier molecular flexibility index (Phi) is 3.88. The summed E-state index contributed by atoms with van der Waals surface area (Å²) in [5, 5.41) is 14.3. The van der Waals surface area contributed by atoms with Gasteiger partial charge >= 0.3 is 12.3 Å². The van der Waals surface area contributed by atoms with Gasteiger partial charge in [0.25, 0.3) is 0 Å². The number of aromatic nitrogens is 2. The first-order chi connectivity index (χ1) is 7.40. The number of hydrogen-bond acceptors (Lipinski definition) is 4. The van der Waals surface area contributed by atoms with Crippen molar-refractivity contribution in [3.8, 4) is 0 Å². The fourth-order valence-corrected chi connectivity index (χ4v) is 1.26. The summed E-state index contributed by atoms with van der Waals surface area (Å²) in [7, 11) is 0. The SMILES string of the molecule is Cc1nn(CC(C)OC(F)F)cc1[N+](=O)[O-]. The molecule has 0 aromatic carbocycles. The van der Waals surface area contributed by atoms with E-state index in [0.29, 0.717) is 0 Å². The first-order valence-electron chi connectivity index (χ1n) is 4.52. The Hall–Kier alpha value is -1.57. The Morgan fingerprint density at radius 2 is 2.31 bits per heavy atom. The average molecular weight is 235 g/mol. The molecule has 0 fully saturated rings. The second-order valence-electron chi connectivity index (χ2n) is 3.29. The molecule has 8 heteroatoms. The first kappa shape index (κ1) is 12.5. The minimum atomic E-state index is -2.86. The van der Waals surface area contributed by atoms with Gasteiger partial charge in [-0.25, -0.2) is 0 Å². The Bertz CT molecular complexity index is 381. The van der Waals surface area contributed by atoms with E-state index >= 15 is 0 Å². The quantitative estimate of drug-likeness (QED) is 0.575. The van der Waals surface area contributed by atoms with Crippen LogP contribution < -0.4 is 0 Å². The molecular weight excluding hydrogens is 224 g/mol. The highest BCUT2D eigenvalue weighted by Gasteiger charge is 2.17. The van der Waals surface area contributed by atoms with Crippen LogP contribution in [-0.2, 0) is 11.3 Å². The van der Waals surface area contributed by atoms with Crippen molar-refractivity contribution >= 4 is 5.69 Å². The highest BCUT2D eigenvalue weighted by atomic mass is 19.3. The van der Waals surface area contributed by atoms with Crippen molar-refractivity contribution in [1.82, 2.24) is 9.78 Å². The zero-order chi connectivity index (χ0) is 12.3. The maximum atomic E-state index is 11.8. The summed E-state index contributed by atoms with van der Waals surface area (Å²) in [5.74, 6) is 0. The molecule has 0 radical (unpaired) electrons. The van der Waals surface area contributed by atoms with E-state index in [9.17, 15) is 18.9 Å². The Morgan fingerprint density at radius 3 is 2.75 bits per heavy atom. The van der Waals surface area contributed by atoms with Gasteiger partial charge in [0.2, 0.25) is 0 Å². The zero-order valence-electron chi connectivity index (χ0n) is 8.76. The van der Waals surface area contributed by atoms with Gasteiger partial charge < -0.3 is 4.74 Å². The van der Waals surface area contributed by atoms with E-state index in [1.807, 2.05) is 0 Å². The van der Waals surface area contributed by atoms with Gasteiger partial charge in [0.05, 0.1) is 17.6 Å². The number of nitrogens with zero attached hydrogens (tertiary/aromatic N) is 3. The summed E-state index contributed by atoms with van der Waals surface area (Å²) in [6, 6.07) is 0. The van der Waals surface area contributed by atoms with Crippen LogP contribution in [0.15, 0.2) is 6.20 Å². The summed E-state index contributed by atoms with van der Waals surface area (Å²) in [5.41, 5.74) is 0.110. The molecule has 0 N–H and O–H groups in total.